The van der Waals surface area contributed by atoms with E-state index in [9.17, 15) is 20.1 Å². The first kappa shape index (κ1) is 47.5. The van der Waals surface area contributed by atoms with Crippen molar-refractivity contribution in [3.8, 4) is 0 Å². The summed E-state index contributed by atoms with van der Waals surface area (Å²) in [5.41, 5.74) is 0. The van der Waals surface area contributed by atoms with Crippen LogP contribution < -0.4 is 0 Å². The summed E-state index contributed by atoms with van der Waals surface area (Å²) in [6, 6.07) is 0. The van der Waals surface area contributed by atoms with Gasteiger partial charge in [-0.3, -0.25) is 4.79 Å². The van der Waals surface area contributed by atoms with E-state index in [1.165, 1.54) is 193 Å². The third-order valence-electron chi connectivity index (χ3n) is 10.7. The molecule has 0 saturated carbocycles. The Hall–Kier alpha value is -0.450. The molecule has 0 aliphatic rings. The van der Waals surface area contributed by atoms with Gasteiger partial charge in [-0.05, 0) is 12.8 Å². The maximum Gasteiger partial charge on any atom is 0.161 e. The highest BCUT2D eigenvalue weighted by atomic mass is 16.3. The van der Waals surface area contributed by atoms with Crippen molar-refractivity contribution in [1.82, 2.24) is 0 Å². The van der Waals surface area contributed by atoms with Gasteiger partial charge < -0.3 is 15.3 Å². The zero-order chi connectivity index (χ0) is 35.2. The first-order chi connectivity index (χ1) is 23.5. The summed E-state index contributed by atoms with van der Waals surface area (Å²) in [5, 5.41) is 30.9. The monoisotopic (exact) mass is 681 g/mol. The van der Waals surface area contributed by atoms with Gasteiger partial charge in [0, 0.05) is 12.8 Å². The van der Waals surface area contributed by atoms with E-state index in [2.05, 4.69) is 13.8 Å². The number of unbranched alkanes of at least 4 members (excludes halogenated alkanes) is 33. The number of hydrogen-bond donors (Lipinski definition) is 3. The number of aliphatic hydroxyl groups is 3. The molecule has 0 aliphatic heterocycles. The van der Waals surface area contributed by atoms with E-state index in [-0.39, 0.29) is 12.2 Å². The Morgan fingerprint density at radius 3 is 0.896 bits per heavy atom. The molecule has 3 N–H and O–H groups in total. The lowest BCUT2D eigenvalue weighted by molar-refractivity contribution is -0.129. The van der Waals surface area contributed by atoms with Gasteiger partial charge in [0.1, 0.15) is 6.10 Å². The Labute approximate surface area is 301 Å². The lowest BCUT2D eigenvalue weighted by atomic mass is 9.97. The average molecular weight is 681 g/mol. The highest BCUT2D eigenvalue weighted by Crippen LogP contribution is 2.18. The van der Waals surface area contributed by atoms with Gasteiger partial charge in [-0.25, -0.2) is 0 Å². The van der Waals surface area contributed by atoms with Crippen molar-refractivity contribution >= 4 is 5.78 Å². The van der Waals surface area contributed by atoms with Gasteiger partial charge in [0.25, 0.3) is 0 Å². The number of Topliss-reactive ketones (excluding diaryl/α,β-unsaturated/α-hetero) is 1. The molecular weight excluding hydrogens is 592 g/mol. The van der Waals surface area contributed by atoms with Crippen LogP contribution in [0.1, 0.15) is 258 Å². The lowest BCUT2D eigenvalue weighted by Gasteiger charge is -2.20. The molecule has 0 aromatic heterocycles. The zero-order valence-electron chi connectivity index (χ0n) is 32.9. The van der Waals surface area contributed by atoms with E-state index in [1.807, 2.05) is 0 Å². The molecule has 288 valence electrons. The quantitative estimate of drug-likeness (QED) is 0.0562. The SMILES string of the molecule is CCCCCCCCCCCCCCCCCCCCCCCCCC(=O)C(O)CC(O)C(O)CCCCCCCCCCCCCC. The van der Waals surface area contributed by atoms with Crippen LogP contribution in [0, 0.1) is 0 Å². The molecule has 0 spiro atoms. The van der Waals surface area contributed by atoms with Crippen LogP contribution in [-0.2, 0) is 4.79 Å². The van der Waals surface area contributed by atoms with Crippen LogP contribution in [0.15, 0.2) is 0 Å². The fourth-order valence-corrected chi connectivity index (χ4v) is 7.16. The van der Waals surface area contributed by atoms with E-state index in [4.69, 9.17) is 0 Å². The van der Waals surface area contributed by atoms with Gasteiger partial charge in [0.15, 0.2) is 5.78 Å². The maximum absolute atomic E-state index is 12.3. The largest absolute Gasteiger partial charge is 0.390 e. The zero-order valence-corrected chi connectivity index (χ0v) is 32.9. The van der Waals surface area contributed by atoms with Gasteiger partial charge in [-0.2, -0.15) is 0 Å². The number of rotatable bonds is 41. The van der Waals surface area contributed by atoms with Gasteiger partial charge in [0.2, 0.25) is 0 Å². The minimum Gasteiger partial charge on any atom is -0.390 e. The molecule has 0 bridgehead atoms. The summed E-state index contributed by atoms with van der Waals surface area (Å²) >= 11 is 0. The summed E-state index contributed by atoms with van der Waals surface area (Å²) in [6.07, 6.45) is 44.1. The minimum absolute atomic E-state index is 0.0440. The van der Waals surface area contributed by atoms with Crippen molar-refractivity contribution in [2.45, 2.75) is 276 Å². The third-order valence-corrected chi connectivity index (χ3v) is 10.7. The van der Waals surface area contributed by atoms with E-state index in [0.717, 1.165) is 32.1 Å². The second-order valence-electron chi connectivity index (χ2n) is 15.6. The molecule has 0 radical (unpaired) electrons. The van der Waals surface area contributed by atoms with Crippen molar-refractivity contribution in [1.29, 1.82) is 0 Å². The molecule has 4 heteroatoms. The maximum atomic E-state index is 12.3. The Balaban J connectivity index is 3.44. The summed E-state index contributed by atoms with van der Waals surface area (Å²) in [7, 11) is 0. The van der Waals surface area contributed by atoms with Crippen LogP contribution in [0.5, 0.6) is 0 Å². The number of hydrogen-bond acceptors (Lipinski definition) is 4. The molecule has 0 saturated heterocycles. The Morgan fingerprint density at radius 2 is 0.604 bits per heavy atom. The van der Waals surface area contributed by atoms with E-state index in [0.29, 0.717) is 12.8 Å². The molecule has 0 fully saturated rings. The van der Waals surface area contributed by atoms with Gasteiger partial charge in [-0.1, -0.05) is 232 Å². The molecule has 0 aliphatic carbocycles. The number of carbonyl (C=O) groups excluding carboxylic acids is 1. The number of carbonyl (C=O) groups is 1. The minimum atomic E-state index is -1.16. The Morgan fingerprint density at radius 1 is 0.354 bits per heavy atom. The molecule has 4 nitrogen and oxygen atoms in total. The molecule has 48 heavy (non-hydrogen) atoms. The van der Waals surface area contributed by atoms with Crippen LogP contribution in [0.3, 0.4) is 0 Å². The van der Waals surface area contributed by atoms with Gasteiger partial charge in [-0.15, -0.1) is 0 Å². The first-order valence-corrected chi connectivity index (χ1v) is 22.1. The second-order valence-corrected chi connectivity index (χ2v) is 15.6. The van der Waals surface area contributed by atoms with Crippen molar-refractivity contribution in [2.75, 3.05) is 0 Å². The molecular formula is C44H88O4. The molecule has 0 amide bonds. The van der Waals surface area contributed by atoms with Crippen LogP contribution >= 0.6 is 0 Å². The van der Waals surface area contributed by atoms with Gasteiger partial charge in [0.05, 0.1) is 12.2 Å². The molecule has 0 heterocycles. The fourth-order valence-electron chi connectivity index (χ4n) is 7.16. The molecule has 3 unspecified atom stereocenters. The smallest absolute Gasteiger partial charge is 0.161 e. The highest BCUT2D eigenvalue weighted by molar-refractivity contribution is 5.82. The third kappa shape index (κ3) is 35.4. The van der Waals surface area contributed by atoms with E-state index < -0.39 is 18.3 Å². The van der Waals surface area contributed by atoms with Crippen molar-refractivity contribution in [3.63, 3.8) is 0 Å². The van der Waals surface area contributed by atoms with Crippen LogP contribution in [0.4, 0.5) is 0 Å². The topological polar surface area (TPSA) is 77.8 Å². The molecule has 0 aromatic rings. The Bertz CT molecular complexity index is 623. The summed E-state index contributed by atoms with van der Waals surface area (Å²) in [5.74, 6) is -0.185. The average Bonchev–Trinajstić information content (AvgIpc) is 3.08. The first-order valence-electron chi connectivity index (χ1n) is 22.1. The molecule has 0 rings (SSSR count). The normalized spacial score (nSPS) is 13.6. The highest BCUT2D eigenvalue weighted by Gasteiger charge is 2.23. The van der Waals surface area contributed by atoms with Crippen molar-refractivity contribution in [2.24, 2.45) is 0 Å². The summed E-state index contributed by atoms with van der Waals surface area (Å²) < 4.78 is 0. The number of ketones is 1. The molecule has 3 atom stereocenters. The van der Waals surface area contributed by atoms with Crippen molar-refractivity contribution < 1.29 is 20.1 Å². The van der Waals surface area contributed by atoms with Crippen molar-refractivity contribution in [3.05, 3.63) is 0 Å². The number of aliphatic hydroxyl groups excluding tert-OH is 3. The van der Waals surface area contributed by atoms with Crippen LogP contribution in [0.2, 0.25) is 0 Å². The van der Waals surface area contributed by atoms with Gasteiger partial charge >= 0.3 is 0 Å². The lowest BCUT2D eigenvalue weighted by Crippen LogP contribution is -2.33. The standard InChI is InChI=1S/C44H88O4/c1-3-5-7-9-11-13-15-17-18-19-20-21-22-23-24-25-26-27-29-31-33-35-37-39-42(46)44(48)40-43(47)41(45)38-36-34-32-30-28-16-14-12-10-8-6-4-2/h41,43-45,47-48H,3-40H2,1-2H3. The summed E-state index contributed by atoms with van der Waals surface area (Å²) in [4.78, 5) is 12.3. The second kappa shape index (κ2) is 39.3. The molecule has 0 aromatic carbocycles. The van der Waals surface area contributed by atoms with E-state index in [1.54, 1.807) is 0 Å². The van der Waals surface area contributed by atoms with Crippen LogP contribution in [-0.4, -0.2) is 39.4 Å². The summed E-state index contributed by atoms with van der Waals surface area (Å²) in [6.45, 7) is 4.55. The van der Waals surface area contributed by atoms with Crippen LogP contribution in [0.25, 0.3) is 0 Å². The van der Waals surface area contributed by atoms with E-state index >= 15 is 0 Å². The fraction of sp³-hybridized carbons (Fsp3) is 0.977. The predicted molar refractivity (Wildman–Crippen MR) is 210 cm³/mol. The predicted octanol–water partition coefficient (Wildman–Crippen LogP) is 13.5. The Kier molecular flexibility index (Phi) is 39.0.